The quantitative estimate of drug-likeness (QED) is 0.583. The van der Waals surface area contributed by atoms with Crippen LogP contribution in [0.3, 0.4) is 0 Å². The molecule has 2 saturated carbocycles. The number of esters is 1. The molecule has 0 radical (unpaired) electrons. The molecule has 3 aliphatic rings. The molecule has 4 heteroatoms. The van der Waals surface area contributed by atoms with E-state index < -0.39 is 0 Å². The van der Waals surface area contributed by atoms with Crippen LogP contribution < -0.4 is 4.74 Å². The fraction of sp³-hybridized carbons (Fsp3) is 0.611. The van der Waals surface area contributed by atoms with Gasteiger partial charge < -0.3 is 4.74 Å². The molecule has 118 valence electrons. The smallest absolute Gasteiger partial charge is 0.314 e. The maximum absolute atomic E-state index is 12.6. The van der Waals surface area contributed by atoms with E-state index in [0.29, 0.717) is 21.7 Å². The molecule has 0 N–H and O–H groups in total. The maximum atomic E-state index is 12.6. The first kappa shape index (κ1) is 14.9. The predicted octanol–water partition coefficient (Wildman–Crippen LogP) is 4.59. The zero-order valence-corrected chi connectivity index (χ0v) is 14.3. The molecule has 4 rings (SSSR count). The molecule has 3 fully saturated rings. The van der Waals surface area contributed by atoms with E-state index >= 15 is 0 Å². The van der Waals surface area contributed by atoms with Crippen molar-refractivity contribution in [1.82, 2.24) is 0 Å². The van der Waals surface area contributed by atoms with E-state index in [9.17, 15) is 4.79 Å². The van der Waals surface area contributed by atoms with Gasteiger partial charge in [-0.1, -0.05) is 24.6 Å². The topological polar surface area (TPSA) is 26.3 Å². The zero-order chi connectivity index (χ0) is 15.0. The highest BCUT2D eigenvalue weighted by Gasteiger charge is 2.55. The Morgan fingerprint density at radius 2 is 1.68 bits per heavy atom. The number of thioether (sulfide) groups is 2. The SMILES string of the molecule is O=C(Oc1ccccc1)C1C[C@H]2CCC[C@@H](C1)C21SCCS1. The highest BCUT2D eigenvalue weighted by Crippen LogP contribution is 2.64. The Labute approximate surface area is 140 Å². The monoisotopic (exact) mass is 334 g/mol. The number of carbonyl (C=O) groups is 1. The molecule has 1 aromatic rings. The third-order valence-corrected chi connectivity index (χ3v) is 9.43. The second kappa shape index (κ2) is 6.12. The molecule has 2 aliphatic carbocycles. The molecule has 1 heterocycles. The van der Waals surface area contributed by atoms with Crippen LogP contribution in [-0.4, -0.2) is 21.6 Å². The average molecular weight is 335 g/mol. The second-order valence-electron chi connectivity index (χ2n) is 6.65. The Hall–Kier alpha value is -0.610. The third-order valence-electron chi connectivity index (χ3n) is 5.41. The van der Waals surface area contributed by atoms with Crippen molar-refractivity contribution in [2.45, 2.75) is 36.2 Å². The zero-order valence-electron chi connectivity index (χ0n) is 12.7. The lowest BCUT2D eigenvalue weighted by Crippen LogP contribution is -2.48. The van der Waals surface area contributed by atoms with Gasteiger partial charge in [0, 0.05) is 11.5 Å². The van der Waals surface area contributed by atoms with Crippen LogP contribution >= 0.6 is 23.5 Å². The van der Waals surface area contributed by atoms with Crippen molar-refractivity contribution in [2.75, 3.05) is 11.5 Å². The molecule has 1 aromatic carbocycles. The van der Waals surface area contributed by atoms with Crippen LogP contribution in [0.2, 0.25) is 0 Å². The largest absolute Gasteiger partial charge is 0.426 e. The van der Waals surface area contributed by atoms with Crippen LogP contribution in [0.1, 0.15) is 32.1 Å². The highest BCUT2D eigenvalue weighted by atomic mass is 32.2. The highest BCUT2D eigenvalue weighted by molar-refractivity contribution is 8.21. The lowest BCUT2D eigenvalue weighted by atomic mass is 9.67. The predicted molar refractivity (Wildman–Crippen MR) is 93.3 cm³/mol. The summed E-state index contributed by atoms with van der Waals surface area (Å²) in [6, 6.07) is 9.51. The van der Waals surface area contributed by atoms with Gasteiger partial charge in [0.1, 0.15) is 5.75 Å². The summed E-state index contributed by atoms with van der Waals surface area (Å²) in [7, 11) is 0. The number of rotatable bonds is 2. The second-order valence-corrected chi connectivity index (χ2v) is 9.65. The molecule has 3 atom stereocenters. The Kier molecular flexibility index (Phi) is 4.16. The molecule has 1 saturated heterocycles. The van der Waals surface area contributed by atoms with Crippen molar-refractivity contribution in [1.29, 1.82) is 0 Å². The van der Waals surface area contributed by atoms with Crippen molar-refractivity contribution in [3.63, 3.8) is 0 Å². The molecule has 22 heavy (non-hydrogen) atoms. The summed E-state index contributed by atoms with van der Waals surface area (Å²) in [5.74, 6) is 4.75. The van der Waals surface area contributed by atoms with Crippen molar-refractivity contribution >= 4 is 29.5 Å². The van der Waals surface area contributed by atoms with E-state index in [1.807, 2.05) is 30.3 Å². The summed E-state index contributed by atoms with van der Waals surface area (Å²) in [5.41, 5.74) is 0. The van der Waals surface area contributed by atoms with Crippen molar-refractivity contribution in [3.05, 3.63) is 30.3 Å². The third kappa shape index (κ3) is 2.58. The van der Waals surface area contributed by atoms with Gasteiger partial charge in [0.2, 0.25) is 0 Å². The van der Waals surface area contributed by atoms with E-state index in [-0.39, 0.29) is 11.9 Å². The lowest BCUT2D eigenvalue weighted by Gasteiger charge is -2.51. The summed E-state index contributed by atoms with van der Waals surface area (Å²) in [5, 5.41) is 0. The lowest BCUT2D eigenvalue weighted by molar-refractivity contribution is -0.141. The average Bonchev–Trinajstić information content (AvgIpc) is 2.97. The first-order chi connectivity index (χ1) is 10.8. The van der Waals surface area contributed by atoms with Crippen LogP contribution in [0.25, 0.3) is 0 Å². The first-order valence-electron chi connectivity index (χ1n) is 8.32. The van der Waals surface area contributed by atoms with Gasteiger partial charge in [0.25, 0.3) is 0 Å². The number of ether oxygens (including phenoxy) is 1. The van der Waals surface area contributed by atoms with Gasteiger partial charge >= 0.3 is 5.97 Å². The van der Waals surface area contributed by atoms with E-state index in [0.717, 1.165) is 12.8 Å². The fourth-order valence-corrected chi connectivity index (χ4v) is 8.43. The van der Waals surface area contributed by atoms with Gasteiger partial charge in [-0.25, -0.2) is 0 Å². The van der Waals surface area contributed by atoms with Gasteiger partial charge in [-0.3, -0.25) is 4.79 Å². The van der Waals surface area contributed by atoms with Crippen LogP contribution in [0.5, 0.6) is 5.75 Å². The first-order valence-corrected chi connectivity index (χ1v) is 10.3. The molecule has 1 aliphatic heterocycles. The van der Waals surface area contributed by atoms with Crippen LogP contribution in [-0.2, 0) is 4.79 Å². The molecule has 2 bridgehead atoms. The number of benzene rings is 1. The Morgan fingerprint density at radius 3 is 2.32 bits per heavy atom. The molecule has 0 aromatic heterocycles. The van der Waals surface area contributed by atoms with Crippen molar-refractivity contribution < 1.29 is 9.53 Å². The minimum atomic E-state index is -0.00838. The summed E-state index contributed by atoms with van der Waals surface area (Å²) < 4.78 is 6.05. The van der Waals surface area contributed by atoms with E-state index in [4.69, 9.17) is 4.74 Å². The van der Waals surface area contributed by atoms with E-state index in [1.165, 1.54) is 30.8 Å². The number of hydrogen-bond acceptors (Lipinski definition) is 4. The van der Waals surface area contributed by atoms with Crippen molar-refractivity contribution in [2.24, 2.45) is 17.8 Å². The molecule has 1 spiro atoms. The minimum Gasteiger partial charge on any atom is -0.426 e. The molecular weight excluding hydrogens is 312 g/mol. The number of para-hydroxylation sites is 1. The standard InChI is InChI=1S/C18H22O2S2/c19-17(20-16-7-2-1-3-8-16)13-11-14-5-4-6-15(12-13)18(14)21-9-10-22-18/h1-3,7-8,13-15H,4-6,9-12H2/t13?,14-,15+. The van der Waals surface area contributed by atoms with Gasteiger partial charge in [0.05, 0.1) is 10.00 Å². The minimum absolute atomic E-state index is 0.00838. The van der Waals surface area contributed by atoms with Gasteiger partial charge in [0.15, 0.2) is 0 Å². The molecular formula is C18H22O2S2. The maximum Gasteiger partial charge on any atom is 0.314 e. The van der Waals surface area contributed by atoms with Gasteiger partial charge in [-0.05, 0) is 49.7 Å². The summed E-state index contributed by atoms with van der Waals surface area (Å²) in [6.07, 6.45) is 6.00. The van der Waals surface area contributed by atoms with E-state index in [2.05, 4.69) is 23.5 Å². The van der Waals surface area contributed by atoms with E-state index in [1.54, 1.807) is 0 Å². The van der Waals surface area contributed by atoms with Crippen LogP contribution in [0.4, 0.5) is 0 Å². The summed E-state index contributed by atoms with van der Waals surface area (Å²) in [6.45, 7) is 0. The number of hydrogen-bond donors (Lipinski definition) is 0. The van der Waals surface area contributed by atoms with Crippen molar-refractivity contribution in [3.8, 4) is 5.75 Å². The van der Waals surface area contributed by atoms with Crippen LogP contribution in [0.15, 0.2) is 30.3 Å². The van der Waals surface area contributed by atoms with Crippen LogP contribution in [0, 0.1) is 17.8 Å². The van der Waals surface area contributed by atoms with Gasteiger partial charge in [-0.15, -0.1) is 23.5 Å². The Balaban J connectivity index is 1.48. The molecule has 2 nitrogen and oxygen atoms in total. The Bertz CT molecular complexity index is 523. The molecule has 0 amide bonds. The summed E-state index contributed by atoms with van der Waals surface area (Å²) >= 11 is 4.37. The fourth-order valence-electron chi connectivity index (χ4n) is 4.49. The summed E-state index contributed by atoms with van der Waals surface area (Å²) in [4.78, 5) is 12.6. The Morgan fingerprint density at radius 1 is 1.05 bits per heavy atom. The van der Waals surface area contributed by atoms with Gasteiger partial charge in [-0.2, -0.15) is 0 Å². The molecule has 1 unspecified atom stereocenters. The normalized spacial score (nSPS) is 32.8. The number of carbonyl (C=O) groups excluding carboxylic acids is 1.